The van der Waals surface area contributed by atoms with Crippen LogP contribution >= 0.6 is 0 Å². The lowest BCUT2D eigenvalue weighted by Gasteiger charge is -2.31. The van der Waals surface area contributed by atoms with Gasteiger partial charge in [-0.3, -0.25) is 0 Å². The molecule has 0 saturated carbocycles. The molecule has 1 fully saturated rings. The van der Waals surface area contributed by atoms with Crippen LogP contribution in [-0.4, -0.2) is 58.5 Å². The Morgan fingerprint density at radius 3 is 2.58 bits per heavy atom. The average Bonchev–Trinajstić information content (AvgIpc) is 3.31. The molecule has 0 bridgehead atoms. The van der Waals surface area contributed by atoms with Crippen molar-refractivity contribution in [3.05, 3.63) is 54.6 Å². The summed E-state index contributed by atoms with van der Waals surface area (Å²) >= 11 is 0. The lowest BCUT2D eigenvalue weighted by atomic mass is 10.1. The fraction of sp³-hybridized carbons (Fsp3) is 0.350. The average molecular weight is 447 g/mol. The Bertz CT molecular complexity index is 1110. The Balaban J connectivity index is 1.36. The highest BCUT2D eigenvalue weighted by Crippen LogP contribution is 2.26. The monoisotopic (exact) mass is 447 g/mol. The van der Waals surface area contributed by atoms with Gasteiger partial charge in [0.2, 0.25) is 15.9 Å². The summed E-state index contributed by atoms with van der Waals surface area (Å²) in [5.41, 5.74) is 0. The Labute approximate surface area is 179 Å². The Morgan fingerprint density at radius 2 is 1.97 bits per heavy atom. The maximum absolute atomic E-state index is 14.1. The molecule has 0 N–H and O–H groups in total. The van der Waals surface area contributed by atoms with Crippen LogP contribution in [0.4, 0.5) is 4.39 Å². The van der Waals surface area contributed by atoms with Crippen LogP contribution in [0.5, 0.6) is 11.6 Å². The number of nitrogens with zero attached hydrogens (tertiary/aromatic N) is 5. The smallest absolute Gasteiger partial charge is 0.243 e. The molecule has 0 atom stereocenters. The number of rotatable bonds is 7. The maximum atomic E-state index is 14.1. The molecule has 11 heteroatoms. The lowest BCUT2D eigenvalue weighted by Crippen LogP contribution is -2.41. The van der Waals surface area contributed by atoms with Crippen molar-refractivity contribution < 1.29 is 22.3 Å². The molecule has 3 heterocycles. The second-order valence-corrected chi connectivity index (χ2v) is 8.86. The minimum absolute atomic E-state index is 0.0354. The first kappa shape index (κ1) is 21.2. The number of hydrogen-bond donors (Lipinski definition) is 0. The van der Waals surface area contributed by atoms with Gasteiger partial charge in [0.1, 0.15) is 6.10 Å². The van der Waals surface area contributed by atoms with Crippen molar-refractivity contribution in [2.75, 3.05) is 19.7 Å². The van der Waals surface area contributed by atoms with E-state index < -0.39 is 15.8 Å². The SMILES string of the molecule is CCOc1ccc(S(=O)(=O)N2CCC(Oc3ccc(-n4cccn4)nn3)CC2)cc1F. The molecule has 1 aliphatic heterocycles. The molecule has 4 rings (SSSR count). The number of halogens is 1. The quantitative estimate of drug-likeness (QED) is 0.548. The van der Waals surface area contributed by atoms with Crippen LogP contribution < -0.4 is 9.47 Å². The van der Waals surface area contributed by atoms with Gasteiger partial charge >= 0.3 is 0 Å². The summed E-state index contributed by atoms with van der Waals surface area (Å²) in [6, 6.07) is 8.94. The summed E-state index contributed by atoms with van der Waals surface area (Å²) in [5, 5.41) is 12.2. The van der Waals surface area contributed by atoms with E-state index in [2.05, 4.69) is 15.3 Å². The van der Waals surface area contributed by atoms with Crippen LogP contribution in [0, 0.1) is 5.82 Å². The van der Waals surface area contributed by atoms with Gasteiger partial charge in [0.15, 0.2) is 17.4 Å². The molecule has 3 aromatic rings. The van der Waals surface area contributed by atoms with Crippen LogP contribution in [0.2, 0.25) is 0 Å². The van der Waals surface area contributed by atoms with E-state index in [9.17, 15) is 12.8 Å². The minimum Gasteiger partial charge on any atom is -0.491 e. The fourth-order valence-electron chi connectivity index (χ4n) is 3.33. The molecule has 1 aliphatic rings. The van der Waals surface area contributed by atoms with Crippen molar-refractivity contribution in [1.29, 1.82) is 0 Å². The second-order valence-electron chi connectivity index (χ2n) is 6.93. The number of hydrogen-bond acceptors (Lipinski definition) is 7. The van der Waals surface area contributed by atoms with Gasteiger partial charge in [-0.15, -0.1) is 10.2 Å². The molecule has 0 amide bonds. The zero-order valence-corrected chi connectivity index (χ0v) is 17.7. The van der Waals surface area contributed by atoms with Crippen molar-refractivity contribution in [2.45, 2.75) is 30.8 Å². The molecule has 0 spiro atoms. The molecule has 2 aromatic heterocycles. The summed E-state index contributed by atoms with van der Waals surface area (Å²) < 4.78 is 53.8. The number of benzene rings is 1. The summed E-state index contributed by atoms with van der Waals surface area (Å²) in [5.74, 6) is 0.276. The van der Waals surface area contributed by atoms with Crippen LogP contribution in [0.25, 0.3) is 5.82 Å². The van der Waals surface area contributed by atoms with Gasteiger partial charge in [-0.05, 0) is 50.1 Å². The number of aromatic nitrogens is 4. The molecule has 1 saturated heterocycles. The summed E-state index contributed by atoms with van der Waals surface area (Å²) in [7, 11) is -3.80. The van der Waals surface area contributed by atoms with E-state index in [0.29, 0.717) is 31.1 Å². The van der Waals surface area contributed by atoms with E-state index in [1.54, 1.807) is 42.2 Å². The van der Waals surface area contributed by atoms with Crippen molar-refractivity contribution in [1.82, 2.24) is 24.3 Å². The van der Waals surface area contributed by atoms with Gasteiger partial charge in [0.05, 0.1) is 11.5 Å². The molecule has 164 valence electrons. The Hall–Kier alpha value is -3.05. The first-order valence-electron chi connectivity index (χ1n) is 9.90. The zero-order valence-electron chi connectivity index (χ0n) is 16.9. The van der Waals surface area contributed by atoms with Crippen molar-refractivity contribution in [3.8, 4) is 17.4 Å². The molecule has 0 radical (unpaired) electrons. The summed E-state index contributed by atoms with van der Waals surface area (Å²) in [6.07, 6.45) is 4.20. The van der Waals surface area contributed by atoms with E-state index in [1.807, 2.05) is 0 Å². The van der Waals surface area contributed by atoms with Gasteiger partial charge in [-0.25, -0.2) is 17.5 Å². The van der Waals surface area contributed by atoms with Crippen LogP contribution in [0.3, 0.4) is 0 Å². The Kier molecular flexibility index (Phi) is 6.14. The van der Waals surface area contributed by atoms with E-state index in [4.69, 9.17) is 9.47 Å². The molecule has 31 heavy (non-hydrogen) atoms. The molecule has 1 aromatic carbocycles. The molecule has 9 nitrogen and oxygen atoms in total. The second kappa shape index (κ2) is 8.98. The molecular weight excluding hydrogens is 425 g/mol. The first-order valence-corrected chi connectivity index (χ1v) is 11.3. The van der Waals surface area contributed by atoms with Crippen molar-refractivity contribution in [2.24, 2.45) is 0 Å². The minimum atomic E-state index is -3.80. The normalized spacial score (nSPS) is 15.7. The number of piperidine rings is 1. The third kappa shape index (κ3) is 4.67. The van der Waals surface area contributed by atoms with E-state index in [-0.39, 0.29) is 29.8 Å². The van der Waals surface area contributed by atoms with Crippen LogP contribution in [-0.2, 0) is 10.0 Å². The first-order chi connectivity index (χ1) is 15.0. The third-order valence-corrected chi connectivity index (χ3v) is 6.79. The molecule has 0 unspecified atom stereocenters. The zero-order chi connectivity index (χ0) is 21.8. The summed E-state index contributed by atoms with van der Waals surface area (Å²) in [6.45, 7) is 2.56. The topological polar surface area (TPSA) is 99.4 Å². The van der Waals surface area contributed by atoms with Crippen LogP contribution in [0.1, 0.15) is 19.8 Å². The predicted molar refractivity (Wildman–Crippen MR) is 109 cm³/mol. The van der Waals surface area contributed by atoms with Crippen molar-refractivity contribution >= 4 is 10.0 Å². The standard InChI is InChI=1S/C20H22FN5O4S/c1-2-29-18-5-4-16(14-17(18)21)31(27,28)25-12-8-15(9-13-25)30-20-7-6-19(23-24-20)26-11-3-10-22-26/h3-7,10-11,14-15H,2,8-9,12-13H2,1H3. The van der Waals surface area contributed by atoms with Gasteiger partial charge in [-0.1, -0.05) is 0 Å². The highest BCUT2D eigenvalue weighted by atomic mass is 32.2. The number of sulfonamides is 1. The van der Waals surface area contributed by atoms with Crippen LogP contribution in [0.15, 0.2) is 53.7 Å². The number of ether oxygens (including phenoxy) is 2. The van der Waals surface area contributed by atoms with E-state index in [1.165, 1.54) is 16.4 Å². The van der Waals surface area contributed by atoms with E-state index in [0.717, 1.165) is 6.07 Å². The molecule has 0 aliphatic carbocycles. The van der Waals surface area contributed by atoms with Gasteiger partial charge in [0, 0.05) is 31.5 Å². The largest absolute Gasteiger partial charge is 0.491 e. The summed E-state index contributed by atoms with van der Waals surface area (Å²) in [4.78, 5) is -0.0899. The van der Waals surface area contributed by atoms with Gasteiger partial charge < -0.3 is 9.47 Å². The third-order valence-electron chi connectivity index (χ3n) is 4.89. The predicted octanol–water partition coefficient (Wildman–Crippen LogP) is 2.43. The highest BCUT2D eigenvalue weighted by Gasteiger charge is 2.31. The Morgan fingerprint density at radius 1 is 1.16 bits per heavy atom. The molecular formula is C20H22FN5O4S. The van der Waals surface area contributed by atoms with Crippen molar-refractivity contribution in [3.63, 3.8) is 0 Å². The lowest BCUT2D eigenvalue weighted by molar-refractivity contribution is 0.128. The highest BCUT2D eigenvalue weighted by molar-refractivity contribution is 7.89. The van der Waals surface area contributed by atoms with Gasteiger partial charge in [0.25, 0.3) is 0 Å². The van der Waals surface area contributed by atoms with E-state index >= 15 is 0 Å². The van der Waals surface area contributed by atoms with Gasteiger partial charge in [-0.2, -0.15) is 9.40 Å². The maximum Gasteiger partial charge on any atom is 0.243 e. The fourth-order valence-corrected chi connectivity index (χ4v) is 4.81.